The van der Waals surface area contributed by atoms with Crippen LogP contribution in [0.3, 0.4) is 0 Å². The highest BCUT2D eigenvalue weighted by Crippen LogP contribution is 2.35. The molecule has 0 saturated carbocycles. The minimum absolute atomic E-state index is 0.0984. The summed E-state index contributed by atoms with van der Waals surface area (Å²) in [6, 6.07) is 0. The largest absolute Gasteiger partial charge is 0.483 e. The summed E-state index contributed by atoms with van der Waals surface area (Å²) in [5.74, 6) is 0.653. The van der Waals surface area contributed by atoms with Crippen LogP contribution in [-0.2, 0) is 9.59 Å². The molecule has 0 atom stereocenters. The Morgan fingerprint density at radius 1 is 1.24 bits per heavy atom. The minimum Gasteiger partial charge on any atom is -0.483 e. The van der Waals surface area contributed by atoms with Crippen molar-refractivity contribution in [3.63, 3.8) is 0 Å². The van der Waals surface area contributed by atoms with E-state index >= 15 is 0 Å². The number of carboxylic acid groups (broad SMARTS) is 1. The van der Waals surface area contributed by atoms with Gasteiger partial charge in [-0.3, -0.25) is 9.59 Å². The van der Waals surface area contributed by atoms with Gasteiger partial charge < -0.3 is 20.4 Å². The van der Waals surface area contributed by atoms with Crippen molar-refractivity contribution in [3.05, 3.63) is 0 Å². The van der Waals surface area contributed by atoms with Gasteiger partial charge in [-0.1, -0.05) is 0 Å². The number of carbonyl (C=O) groups excluding carboxylic acids is 1. The number of hydrogen-bond donors (Lipinski definition) is 3. The second kappa shape index (κ2) is 6.75. The molecule has 1 amide bonds. The van der Waals surface area contributed by atoms with Crippen LogP contribution in [0.5, 0.6) is 0 Å². The van der Waals surface area contributed by atoms with Crippen molar-refractivity contribution in [1.29, 1.82) is 0 Å². The lowest BCUT2D eigenvalue weighted by atomic mass is 9.74. The van der Waals surface area contributed by atoms with E-state index < -0.39 is 0 Å². The Hall–Kier alpha value is -1.14. The molecule has 0 aromatic rings. The molecule has 0 radical (unpaired) electrons. The highest BCUT2D eigenvalue weighted by Gasteiger charge is 2.39. The van der Waals surface area contributed by atoms with Gasteiger partial charge in [-0.15, -0.1) is 0 Å². The first-order chi connectivity index (χ1) is 9.58. The van der Waals surface area contributed by atoms with Gasteiger partial charge in [-0.25, -0.2) is 0 Å². The molecule has 0 aromatic heterocycles. The van der Waals surface area contributed by atoms with Gasteiger partial charge in [-0.05, 0) is 46.5 Å². The number of hydrogen-bond acceptors (Lipinski definition) is 4. The molecule has 2 saturated heterocycles. The van der Waals surface area contributed by atoms with E-state index in [2.05, 4.69) is 33.0 Å². The molecule has 2 rings (SSSR count). The smallest absolute Gasteiger partial charge is 0.290 e. The highest BCUT2D eigenvalue weighted by atomic mass is 16.3. The predicted octanol–water partition coefficient (Wildman–Crippen LogP) is 0.837. The first kappa shape index (κ1) is 17.9. The molecule has 2 aliphatic rings. The van der Waals surface area contributed by atoms with Crippen LogP contribution >= 0.6 is 0 Å². The second-order valence-corrected chi connectivity index (χ2v) is 7.43. The van der Waals surface area contributed by atoms with Gasteiger partial charge in [0.15, 0.2) is 0 Å². The first-order valence-electron chi connectivity index (χ1n) is 7.41. The number of rotatable bonds is 2. The summed E-state index contributed by atoms with van der Waals surface area (Å²) in [4.78, 5) is 22.2. The Morgan fingerprint density at radius 3 is 2.05 bits per heavy atom. The van der Waals surface area contributed by atoms with Gasteiger partial charge in [0.2, 0.25) is 5.91 Å². The van der Waals surface area contributed by atoms with E-state index in [-0.39, 0.29) is 29.6 Å². The summed E-state index contributed by atoms with van der Waals surface area (Å²) in [6.45, 7) is 9.63. The number of nitrogens with zero attached hydrogens (tertiary/aromatic N) is 1. The quantitative estimate of drug-likeness (QED) is 0.657. The Labute approximate surface area is 126 Å². The zero-order valence-electron chi connectivity index (χ0n) is 13.4. The van der Waals surface area contributed by atoms with Crippen LogP contribution in [0.2, 0.25) is 0 Å². The number of amides is 1. The van der Waals surface area contributed by atoms with Gasteiger partial charge in [0, 0.05) is 30.6 Å². The Balaban J connectivity index is 0.000000677. The van der Waals surface area contributed by atoms with Crippen LogP contribution in [0.25, 0.3) is 0 Å². The van der Waals surface area contributed by atoms with Gasteiger partial charge in [0.1, 0.15) is 0 Å². The molecule has 2 heterocycles. The molecular weight excluding hydrogens is 272 g/mol. The maximum atomic E-state index is 12.1. The van der Waals surface area contributed by atoms with E-state index in [0.29, 0.717) is 25.4 Å². The first-order valence-corrected chi connectivity index (χ1v) is 7.41. The van der Waals surface area contributed by atoms with Crippen LogP contribution in [-0.4, -0.2) is 57.8 Å². The Bertz CT molecular complexity index is 360. The molecule has 0 unspecified atom stereocenters. The maximum Gasteiger partial charge on any atom is 0.290 e. The molecular formula is C15H28N2O4. The third kappa shape index (κ3) is 5.63. The molecule has 0 aromatic carbocycles. The fraction of sp³-hybridized carbons (Fsp3) is 0.867. The summed E-state index contributed by atoms with van der Waals surface area (Å²) in [7, 11) is 0. The fourth-order valence-corrected chi connectivity index (χ4v) is 3.71. The van der Waals surface area contributed by atoms with Crippen LogP contribution in [0, 0.1) is 5.92 Å². The van der Waals surface area contributed by atoms with Crippen molar-refractivity contribution in [2.75, 3.05) is 13.1 Å². The maximum absolute atomic E-state index is 12.1. The summed E-state index contributed by atoms with van der Waals surface area (Å²) in [6.07, 6.45) is 2.41. The molecule has 2 aliphatic heterocycles. The predicted molar refractivity (Wildman–Crippen MR) is 79.9 cm³/mol. The van der Waals surface area contributed by atoms with Gasteiger partial charge in [0.05, 0.1) is 6.10 Å². The van der Waals surface area contributed by atoms with Crippen LogP contribution in [0.15, 0.2) is 0 Å². The second-order valence-electron chi connectivity index (χ2n) is 7.43. The third-order valence-corrected chi connectivity index (χ3v) is 3.95. The molecule has 2 fully saturated rings. The number of carbonyl (C=O) groups is 2. The lowest BCUT2D eigenvalue weighted by molar-refractivity contribution is -0.142. The van der Waals surface area contributed by atoms with Crippen LogP contribution in [0.1, 0.15) is 47.0 Å². The van der Waals surface area contributed by atoms with Crippen molar-refractivity contribution in [3.8, 4) is 0 Å². The number of nitrogens with one attached hydrogen (secondary N) is 1. The number of aliphatic hydroxyl groups excluding tert-OH is 1. The molecule has 0 bridgehead atoms. The number of piperidine rings is 1. The summed E-state index contributed by atoms with van der Waals surface area (Å²) < 4.78 is 0. The monoisotopic (exact) mass is 300 g/mol. The zero-order chi connectivity index (χ0) is 16.3. The Kier molecular flexibility index (Phi) is 5.75. The molecule has 0 spiro atoms. The van der Waals surface area contributed by atoms with Crippen molar-refractivity contribution in [2.24, 2.45) is 5.92 Å². The molecule has 0 aliphatic carbocycles. The highest BCUT2D eigenvalue weighted by molar-refractivity contribution is 5.77. The number of aliphatic hydroxyl groups is 1. The van der Waals surface area contributed by atoms with Crippen LogP contribution < -0.4 is 5.32 Å². The molecule has 6 nitrogen and oxygen atoms in total. The van der Waals surface area contributed by atoms with Gasteiger partial charge in [0.25, 0.3) is 6.47 Å². The van der Waals surface area contributed by atoms with E-state index in [1.54, 1.807) is 4.90 Å². The summed E-state index contributed by atoms with van der Waals surface area (Å²) >= 11 is 0. The standard InChI is InChI=1S/C14H26N2O2.CH2O2/c1-13(2)6-10(7-14(3,4)15-13)5-12(18)16-8-11(17)9-16;2-1-3/h10-11,15,17H,5-9H2,1-4H3;1H,(H,2,3). The van der Waals surface area contributed by atoms with Crippen molar-refractivity contribution >= 4 is 12.4 Å². The average Bonchev–Trinajstić information content (AvgIpc) is 2.21. The minimum atomic E-state index is -0.296. The van der Waals surface area contributed by atoms with E-state index in [1.165, 1.54) is 0 Å². The molecule has 6 heteroatoms. The fourth-order valence-electron chi connectivity index (χ4n) is 3.71. The topological polar surface area (TPSA) is 89.9 Å². The van der Waals surface area contributed by atoms with E-state index in [9.17, 15) is 9.90 Å². The number of β-amino-alcohol motifs (C(OH)–C–C–N with tert-alkyl or cyclic N) is 1. The lowest BCUT2D eigenvalue weighted by Gasteiger charge is -2.47. The molecule has 3 N–H and O–H groups in total. The van der Waals surface area contributed by atoms with Crippen molar-refractivity contribution in [2.45, 2.75) is 64.1 Å². The van der Waals surface area contributed by atoms with E-state index in [1.807, 2.05) is 0 Å². The molecule has 122 valence electrons. The van der Waals surface area contributed by atoms with Crippen LogP contribution in [0.4, 0.5) is 0 Å². The normalized spacial score (nSPS) is 24.5. The molecule has 21 heavy (non-hydrogen) atoms. The van der Waals surface area contributed by atoms with E-state index in [4.69, 9.17) is 9.90 Å². The van der Waals surface area contributed by atoms with Crippen molar-refractivity contribution < 1.29 is 19.8 Å². The SMILES string of the molecule is CC1(C)CC(CC(=O)N2CC(O)C2)CC(C)(C)N1.O=CO. The summed E-state index contributed by atoms with van der Waals surface area (Å²) in [5, 5.41) is 19.8. The van der Waals surface area contributed by atoms with Crippen molar-refractivity contribution in [1.82, 2.24) is 10.2 Å². The Morgan fingerprint density at radius 2 is 1.67 bits per heavy atom. The third-order valence-electron chi connectivity index (χ3n) is 3.95. The average molecular weight is 300 g/mol. The number of likely N-dealkylation sites (tertiary alicyclic amines) is 1. The lowest BCUT2D eigenvalue weighted by Crippen LogP contribution is -2.59. The zero-order valence-corrected chi connectivity index (χ0v) is 13.4. The van der Waals surface area contributed by atoms with Gasteiger partial charge >= 0.3 is 0 Å². The van der Waals surface area contributed by atoms with E-state index in [0.717, 1.165) is 12.8 Å². The summed E-state index contributed by atoms with van der Waals surface area (Å²) in [5.41, 5.74) is 0.197. The van der Waals surface area contributed by atoms with Gasteiger partial charge in [-0.2, -0.15) is 0 Å².